The Bertz CT molecular complexity index is 362. The van der Waals surface area contributed by atoms with Gasteiger partial charge in [-0.05, 0) is 19.3 Å². The van der Waals surface area contributed by atoms with Gasteiger partial charge in [0.2, 0.25) is 5.95 Å². The number of halogens is 1. The van der Waals surface area contributed by atoms with Crippen molar-refractivity contribution in [2.45, 2.75) is 24.8 Å². The minimum absolute atomic E-state index is 0.0197. The summed E-state index contributed by atoms with van der Waals surface area (Å²) in [4.78, 5) is 7.29. The van der Waals surface area contributed by atoms with E-state index in [4.69, 9.17) is 5.73 Å². The maximum atomic E-state index is 13.3. The van der Waals surface area contributed by atoms with Gasteiger partial charge < -0.3 is 16.2 Å². The van der Waals surface area contributed by atoms with Crippen LogP contribution in [0.25, 0.3) is 0 Å². The van der Waals surface area contributed by atoms with E-state index in [9.17, 15) is 9.50 Å². The third-order valence-electron chi connectivity index (χ3n) is 2.76. The summed E-state index contributed by atoms with van der Waals surface area (Å²) in [7, 11) is 0. The molecule has 1 aliphatic carbocycles. The quantitative estimate of drug-likeness (QED) is 0.680. The van der Waals surface area contributed by atoms with Crippen molar-refractivity contribution >= 4 is 11.8 Å². The van der Waals surface area contributed by atoms with Gasteiger partial charge in [0, 0.05) is 0 Å². The highest BCUT2D eigenvalue weighted by molar-refractivity contribution is 5.42. The summed E-state index contributed by atoms with van der Waals surface area (Å²) in [6.07, 6.45) is 3.67. The third kappa shape index (κ3) is 1.85. The first-order valence-electron chi connectivity index (χ1n) is 4.82. The summed E-state index contributed by atoms with van der Waals surface area (Å²) in [6, 6.07) is 0. The SMILES string of the molecule is Nc1ncc(F)c(NC2(CO)CCC2)n1. The lowest BCUT2D eigenvalue weighted by atomic mass is 9.77. The first-order chi connectivity index (χ1) is 7.15. The van der Waals surface area contributed by atoms with Gasteiger partial charge in [-0.25, -0.2) is 9.37 Å². The van der Waals surface area contributed by atoms with Gasteiger partial charge in [-0.3, -0.25) is 0 Å². The molecule has 0 amide bonds. The van der Waals surface area contributed by atoms with Crippen LogP contribution in [0.2, 0.25) is 0 Å². The summed E-state index contributed by atoms with van der Waals surface area (Å²) in [6.45, 7) is -0.0314. The van der Waals surface area contributed by atoms with E-state index in [-0.39, 0.29) is 18.4 Å². The van der Waals surface area contributed by atoms with Crippen molar-refractivity contribution in [3.63, 3.8) is 0 Å². The molecular formula is C9H13FN4O. The average Bonchev–Trinajstić information content (AvgIpc) is 2.17. The number of hydrogen-bond donors (Lipinski definition) is 3. The minimum Gasteiger partial charge on any atom is -0.394 e. The smallest absolute Gasteiger partial charge is 0.222 e. The first kappa shape index (κ1) is 10.1. The van der Waals surface area contributed by atoms with Crippen LogP contribution in [0.15, 0.2) is 6.20 Å². The molecule has 0 unspecified atom stereocenters. The van der Waals surface area contributed by atoms with Crippen LogP contribution in [-0.2, 0) is 0 Å². The van der Waals surface area contributed by atoms with Crippen LogP contribution >= 0.6 is 0 Å². The topological polar surface area (TPSA) is 84.1 Å². The molecule has 0 spiro atoms. The van der Waals surface area contributed by atoms with Crippen molar-refractivity contribution in [1.82, 2.24) is 9.97 Å². The molecule has 5 nitrogen and oxygen atoms in total. The van der Waals surface area contributed by atoms with E-state index >= 15 is 0 Å². The molecule has 1 saturated carbocycles. The molecule has 6 heteroatoms. The summed E-state index contributed by atoms with van der Waals surface area (Å²) >= 11 is 0. The molecule has 0 saturated heterocycles. The van der Waals surface area contributed by atoms with Crippen molar-refractivity contribution in [2.24, 2.45) is 0 Å². The van der Waals surface area contributed by atoms with E-state index < -0.39 is 11.4 Å². The van der Waals surface area contributed by atoms with Gasteiger partial charge in [-0.1, -0.05) is 0 Å². The number of rotatable bonds is 3. The molecule has 4 N–H and O–H groups in total. The molecule has 0 atom stereocenters. The molecule has 0 aromatic carbocycles. The molecule has 1 aromatic rings. The first-order valence-corrected chi connectivity index (χ1v) is 4.82. The molecule has 1 aromatic heterocycles. The van der Waals surface area contributed by atoms with E-state index in [1.54, 1.807) is 0 Å². The largest absolute Gasteiger partial charge is 0.394 e. The Balaban J connectivity index is 2.19. The number of hydrogen-bond acceptors (Lipinski definition) is 5. The van der Waals surface area contributed by atoms with Crippen molar-refractivity contribution in [1.29, 1.82) is 0 Å². The number of aliphatic hydroxyl groups excluding tert-OH is 1. The maximum absolute atomic E-state index is 13.3. The Labute approximate surface area is 86.5 Å². The Morgan fingerprint density at radius 2 is 2.33 bits per heavy atom. The van der Waals surface area contributed by atoms with Crippen molar-refractivity contribution in [3.05, 3.63) is 12.0 Å². The zero-order valence-corrected chi connectivity index (χ0v) is 8.20. The molecule has 1 aliphatic rings. The number of nitrogen functional groups attached to an aromatic ring is 1. The molecule has 15 heavy (non-hydrogen) atoms. The molecule has 0 bridgehead atoms. The van der Waals surface area contributed by atoms with Crippen LogP contribution < -0.4 is 11.1 Å². The lowest BCUT2D eigenvalue weighted by Gasteiger charge is -2.41. The summed E-state index contributed by atoms with van der Waals surface area (Å²) in [5, 5.41) is 12.1. The van der Waals surface area contributed by atoms with Gasteiger partial charge in [-0.2, -0.15) is 4.98 Å². The van der Waals surface area contributed by atoms with E-state index in [0.29, 0.717) is 0 Å². The molecule has 2 rings (SSSR count). The monoisotopic (exact) mass is 212 g/mol. The summed E-state index contributed by atoms with van der Waals surface area (Å²) < 4.78 is 13.3. The second-order valence-electron chi connectivity index (χ2n) is 3.84. The van der Waals surface area contributed by atoms with Gasteiger partial charge in [0.1, 0.15) is 0 Å². The standard InChI is InChI=1S/C9H13FN4O/c10-6-4-12-8(11)13-7(6)14-9(5-15)2-1-3-9/h4,15H,1-3,5H2,(H3,11,12,13,14). The van der Waals surface area contributed by atoms with Crippen molar-refractivity contribution < 1.29 is 9.50 Å². The Morgan fingerprint density at radius 3 is 2.87 bits per heavy atom. The highest BCUT2D eigenvalue weighted by Crippen LogP contribution is 2.34. The summed E-state index contributed by atoms with van der Waals surface area (Å²) in [5.74, 6) is -0.466. The second-order valence-corrected chi connectivity index (χ2v) is 3.84. The lowest BCUT2D eigenvalue weighted by Crippen LogP contribution is -2.48. The average molecular weight is 212 g/mol. The fraction of sp³-hybridized carbons (Fsp3) is 0.556. The van der Waals surface area contributed by atoms with Crippen LogP contribution in [0.1, 0.15) is 19.3 Å². The van der Waals surface area contributed by atoms with Crippen molar-refractivity contribution in [2.75, 3.05) is 17.7 Å². The van der Waals surface area contributed by atoms with Gasteiger partial charge in [0.25, 0.3) is 0 Å². The van der Waals surface area contributed by atoms with Crippen LogP contribution in [0, 0.1) is 5.82 Å². The van der Waals surface area contributed by atoms with Gasteiger partial charge in [-0.15, -0.1) is 0 Å². The maximum Gasteiger partial charge on any atom is 0.222 e. The van der Waals surface area contributed by atoms with Crippen LogP contribution in [0.4, 0.5) is 16.2 Å². The number of nitrogens with zero attached hydrogens (tertiary/aromatic N) is 2. The predicted molar refractivity (Wildman–Crippen MR) is 53.7 cm³/mol. The van der Waals surface area contributed by atoms with Gasteiger partial charge in [0.05, 0.1) is 18.3 Å². The Kier molecular flexibility index (Phi) is 2.44. The highest BCUT2D eigenvalue weighted by Gasteiger charge is 2.37. The highest BCUT2D eigenvalue weighted by atomic mass is 19.1. The zero-order chi connectivity index (χ0) is 10.9. The molecule has 0 aliphatic heterocycles. The molecule has 82 valence electrons. The fourth-order valence-electron chi connectivity index (χ4n) is 1.65. The van der Waals surface area contributed by atoms with Crippen molar-refractivity contribution in [3.8, 4) is 0 Å². The van der Waals surface area contributed by atoms with Gasteiger partial charge in [0.15, 0.2) is 11.6 Å². The molecule has 0 radical (unpaired) electrons. The minimum atomic E-state index is -0.552. The molecular weight excluding hydrogens is 199 g/mol. The third-order valence-corrected chi connectivity index (χ3v) is 2.76. The number of aliphatic hydroxyl groups is 1. The number of aromatic nitrogens is 2. The van der Waals surface area contributed by atoms with Crippen LogP contribution in [0.5, 0.6) is 0 Å². The second kappa shape index (κ2) is 3.62. The number of nitrogens with one attached hydrogen (secondary N) is 1. The van der Waals surface area contributed by atoms with E-state index in [2.05, 4.69) is 15.3 Å². The van der Waals surface area contributed by atoms with E-state index in [1.165, 1.54) is 0 Å². The lowest BCUT2D eigenvalue weighted by molar-refractivity contribution is 0.143. The Morgan fingerprint density at radius 1 is 1.60 bits per heavy atom. The van der Waals surface area contributed by atoms with E-state index in [0.717, 1.165) is 25.5 Å². The van der Waals surface area contributed by atoms with Crippen LogP contribution in [0.3, 0.4) is 0 Å². The van der Waals surface area contributed by atoms with Gasteiger partial charge >= 0.3 is 0 Å². The Hall–Kier alpha value is -1.43. The molecule has 1 heterocycles. The van der Waals surface area contributed by atoms with Crippen LogP contribution in [-0.4, -0.2) is 27.2 Å². The molecule has 1 fully saturated rings. The van der Waals surface area contributed by atoms with E-state index in [1.807, 2.05) is 0 Å². The number of anilines is 2. The summed E-state index contributed by atoms with van der Waals surface area (Å²) in [5.41, 5.74) is 4.93. The predicted octanol–water partition coefficient (Wildman–Crippen LogP) is 0.525. The number of nitrogens with two attached hydrogens (primary N) is 1. The zero-order valence-electron chi connectivity index (χ0n) is 8.20. The fourth-order valence-corrected chi connectivity index (χ4v) is 1.65. The normalized spacial score (nSPS) is 18.3.